The summed E-state index contributed by atoms with van der Waals surface area (Å²) < 4.78 is 1.90. The van der Waals surface area contributed by atoms with Crippen molar-refractivity contribution in [2.24, 2.45) is 5.92 Å². The van der Waals surface area contributed by atoms with Crippen LogP contribution in [0.15, 0.2) is 6.20 Å². The van der Waals surface area contributed by atoms with Gasteiger partial charge < -0.3 is 0 Å². The summed E-state index contributed by atoms with van der Waals surface area (Å²) in [6, 6.07) is 0.398. The summed E-state index contributed by atoms with van der Waals surface area (Å²) in [5.74, 6) is 1.96. The highest BCUT2D eigenvalue weighted by molar-refractivity contribution is 6.18. The van der Waals surface area contributed by atoms with Gasteiger partial charge in [0.05, 0.1) is 5.69 Å². The SMILES string of the molecule is CC(C)n1cc(C2CC2CCl)nn1. The number of alkyl halides is 1. The molecule has 0 N–H and O–H groups in total. The highest BCUT2D eigenvalue weighted by Crippen LogP contribution is 2.47. The summed E-state index contributed by atoms with van der Waals surface area (Å²) >= 11 is 5.76. The lowest BCUT2D eigenvalue weighted by Crippen LogP contribution is -2.00. The Balaban J connectivity index is 2.07. The summed E-state index contributed by atoms with van der Waals surface area (Å²) in [6.07, 6.45) is 3.22. The van der Waals surface area contributed by atoms with E-state index in [1.54, 1.807) is 0 Å². The van der Waals surface area contributed by atoms with Crippen LogP contribution in [0.25, 0.3) is 0 Å². The molecule has 0 radical (unpaired) electrons. The van der Waals surface area contributed by atoms with E-state index in [4.69, 9.17) is 11.6 Å². The van der Waals surface area contributed by atoms with Gasteiger partial charge in [-0.2, -0.15) is 0 Å². The average molecular weight is 200 g/mol. The molecule has 72 valence electrons. The van der Waals surface area contributed by atoms with Crippen molar-refractivity contribution in [1.29, 1.82) is 0 Å². The van der Waals surface area contributed by atoms with Crippen molar-refractivity contribution in [2.75, 3.05) is 5.88 Å². The van der Waals surface area contributed by atoms with Gasteiger partial charge in [0.15, 0.2) is 0 Å². The third kappa shape index (κ3) is 1.70. The van der Waals surface area contributed by atoms with Gasteiger partial charge in [-0.3, -0.25) is 0 Å². The minimum absolute atomic E-state index is 0.398. The fourth-order valence-corrected chi connectivity index (χ4v) is 1.83. The van der Waals surface area contributed by atoms with Crippen molar-refractivity contribution in [3.63, 3.8) is 0 Å². The standard InChI is InChI=1S/C9H14ClN3/c1-6(2)13-5-9(11-12-13)8-3-7(8)4-10/h5-8H,3-4H2,1-2H3. The van der Waals surface area contributed by atoms with Crippen LogP contribution < -0.4 is 0 Å². The lowest BCUT2D eigenvalue weighted by Gasteiger charge is -2.00. The molecular formula is C9H14ClN3. The molecule has 0 aromatic carbocycles. The Labute approximate surface area is 83.1 Å². The number of hydrogen-bond donors (Lipinski definition) is 0. The smallest absolute Gasteiger partial charge is 0.0861 e. The molecule has 2 rings (SSSR count). The molecule has 1 heterocycles. The molecule has 1 aromatic rings. The second-order valence-electron chi connectivity index (χ2n) is 3.97. The fourth-order valence-electron chi connectivity index (χ4n) is 1.49. The van der Waals surface area contributed by atoms with E-state index >= 15 is 0 Å². The van der Waals surface area contributed by atoms with Crippen LogP contribution >= 0.6 is 11.6 Å². The van der Waals surface area contributed by atoms with Crippen molar-refractivity contribution in [3.8, 4) is 0 Å². The highest BCUT2D eigenvalue weighted by atomic mass is 35.5. The van der Waals surface area contributed by atoms with Gasteiger partial charge in [0.1, 0.15) is 0 Å². The van der Waals surface area contributed by atoms with Crippen LogP contribution in [0.3, 0.4) is 0 Å². The molecule has 2 unspecified atom stereocenters. The molecule has 13 heavy (non-hydrogen) atoms. The molecule has 0 bridgehead atoms. The van der Waals surface area contributed by atoms with Crippen molar-refractivity contribution >= 4 is 11.6 Å². The quantitative estimate of drug-likeness (QED) is 0.699. The largest absolute Gasteiger partial charge is 0.250 e. The molecule has 0 aliphatic heterocycles. The van der Waals surface area contributed by atoms with E-state index in [9.17, 15) is 0 Å². The van der Waals surface area contributed by atoms with Crippen LogP contribution in [0.4, 0.5) is 0 Å². The second-order valence-corrected chi connectivity index (χ2v) is 4.28. The van der Waals surface area contributed by atoms with Gasteiger partial charge in [-0.25, -0.2) is 4.68 Å². The normalized spacial score (nSPS) is 26.8. The molecule has 1 saturated carbocycles. The zero-order valence-electron chi connectivity index (χ0n) is 7.94. The number of rotatable bonds is 3. The summed E-state index contributed by atoms with van der Waals surface area (Å²) in [7, 11) is 0. The van der Waals surface area contributed by atoms with E-state index in [0.717, 1.165) is 11.6 Å². The monoisotopic (exact) mass is 199 g/mol. The topological polar surface area (TPSA) is 30.7 Å². The van der Waals surface area contributed by atoms with Crippen LogP contribution in [-0.2, 0) is 0 Å². The molecule has 1 aliphatic rings. The predicted molar refractivity (Wildman–Crippen MR) is 52.0 cm³/mol. The van der Waals surface area contributed by atoms with E-state index in [1.807, 2.05) is 10.9 Å². The van der Waals surface area contributed by atoms with Crippen LogP contribution in [0, 0.1) is 5.92 Å². The zero-order valence-corrected chi connectivity index (χ0v) is 8.70. The van der Waals surface area contributed by atoms with Crippen molar-refractivity contribution < 1.29 is 0 Å². The molecular weight excluding hydrogens is 186 g/mol. The third-order valence-corrected chi connectivity index (χ3v) is 2.95. The summed E-state index contributed by atoms with van der Waals surface area (Å²) in [5.41, 5.74) is 1.11. The van der Waals surface area contributed by atoms with Crippen LogP contribution in [0.2, 0.25) is 0 Å². The number of aromatic nitrogens is 3. The Morgan fingerprint density at radius 2 is 2.46 bits per heavy atom. The molecule has 0 saturated heterocycles. The molecule has 0 spiro atoms. The Morgan fingerprint density at radius 3 is 2.92 bits per heavy atom. The van der Waals surface area contributed by atoms with Crippen LogP contribution in [0.5, 0.6) is 0 Å². The number of nitrogens with zero attached hydrogens (tertiary/aromatic N) is 3. The first-order chi connectivity index (χ1) is 6.22. The molecule has 0 amide bonds. The lowest BCUT2D eigenvalue weighted by molar-refractivity contribution is 0.514. The van der Waals surface area contributed by atoms with Gasteiger partial charge in [0.25, 0.3) is 0 Å². The maximum absolute atomic E-state index is 5.76. The second kappa shape index (κ2) is 3.29. The summed E-state index contributed by atoms with van der Waals surface area (Å²) in [4.78, 5) is 0. The first kappa shape index (κ1) is 9.00. The van der Waals surface area contributed by atoms with Gasteiger partial charge in [-0.05, 0) is 26.2 Å². The van der Waals surface area contributed by atoms with Gasteiger partial charge in [0, 0.05) is 24.0 Å². The summed E-state index contributed by atoms with van der Waals surface area (Å²) in [6.45, 7) is 4.20. The number of halogens is 1. The Bertz CT molecular complexity index is 295. The maximum Gasteiger partial charge on any atom is 0.0861 e. The molecule has 1 aromatic heterocycles. The Kier molecular flexibility index (Phi) is 2.28. The van der Waals surface area contributed by atoms with E-state index in [2.05, 4.69) is 24.2 Å². The van der Waals surface area contributed by atoms with Crippen molar-refractivity contribution in [2.45, 2.75) is 32.2 Å². The first-order valence-electron chi connectivity index (χ1n) is 4.70. The van der Waals surface area contributed by atoms with Gasteiger partial charge in [-0.15, -0.1) is 16.7 Å². The Hall–Kier alpha value is -0.570. The predicted octanol–water partition coefficient (Wildman–Crippen LogP) is 2.20. The van der Waals surface area contributed by atoms with E-state index in [1.165, 1.54) is 6.42 Å². The highest BCUT2D eigenvalue weighted by Gasteiger charge is 2.39. The van der Waals surface area contributed by atoms with Gasteiger partial charge in [0.2, 0.25) is 0 Å². The molecule has 3 nitrogen and oxygen atoms in total. The summed E-state index contributed by atoms with van der Waals surface area (Å²) in [5, 5.41) is 8.22. The van der Waals surface area contributed by atoms with E-state index < -0.39 is 0 Å². The van der Waals surface area contributed by atoms with Gasteiger partial charge >= 0.3 is 0 Å². The van der Waals surface area contributed by atoms with Crippen molar-refractivity contribution in [3.05, 3.63) is 11.9 Å². The molecule has 1 fully saturated rings. The average Bonchev–Trinajstić information content (AvgIpc) is 2.73. The first-order valence-corrected chi connectivity index (χ1v) is 5.23. The third-order valence-electron chi connectivity index (χ3n) is 2.56. The Morgan fingerprint density at radius 1 is 1.69 bits per heavy atom. The van der Waals surface area contributed by atoms with E-state index in [0.29, 0.717) is 17.9 Å². The van der Waals surface area contributed by atoms with E-state index in [-0.39, 0.29) is 0 Å². The van der Waals surface area contributed by atoms with Crippen LogP contribution in [-0.4, -0.2) is 20.9 Å². The fraction of sp³-hybridized carbons (Fsp3) is 0.778. The van der Waals surface area contributed by atoms with Crippen molar-refractivity contribution in [1.82, 2.24) is 15.0 Å². The maximum atomic E-state index is 5.76. The van der Waals surface area contributed by atoms with Crippen LogP contribution in [0.1, 0.15) is 37.9 Å². The molecule has 4 heteroatoms. The minimum Gasteiger partial charge on any atom is -0.250 e. The number of hydrogen-bond acceptors (Lipinski definition) is 2. The lowest BCUT2D eigenvalue weighted by atomic mass is 10.3. The molecule has 2 atom stereocenters. The minimum atomic E-state index is 0.398. The zero-order chi connectivity index (χ0) is 9.42. The van der Waals surface area contributed by atoms with Gasteiger partial charge in [-0.1, -0.05) is 5.21 Å². The molecule has 1 aliphatic carbocycles.